The summed E-state index contributed by atoms with van der Waals surface area (Å²) < 4.78 is 22.6. The van der Waals surface area contributed by atoms with Crippen LogP contribution < -0.4 is 9.47 Å². The Morgan fingerprint density at radius 1 is 1.09 bits per heavy atom. The smallest absolute Gasteiger partial charge is 0.283 e. The Kier molecular flexibility index (Phi) is 6.74. The number of methoxy groups -OCH3 is 1. The molecule has 2 aromatic carbocycles. The Balaban J connectivity index is 1.15. The van der Waals surface area contributed by atoms with Gasteiger partial charge in [0.15, 0.2) is 5.76 Å². The number of piperidine rings is 1. The van der Waals surface area contributed by atoms with Crippen molar-refractivity contribution in [1.29, 1.82) is 0 Å². The van der Waals surface area contributed by atoms with Gasteiger partial charge < -0.3 is 28.3 Å². The molecule has 1 fully saturated rings. The van der Waals surface area contributed by atoms with E-state index in [9.17, 15) is 5.11 Å². The van der Waals surface area contributed by atoms with Gasteiger partial charge in [0.1, 0.15) is 29.8 Å². The number of nitrogens with zero attached hydrogens (tertiary/aromatic N) is 3. The van der Waals surface area contributed by atoms with Crippen LogP contribution in [0.3, 0.4) is 0 Å². The second kappa shape index (κ2) is 10.1. The number of β-amino-alcohol motifs (C(OH)–C–C–N with tert-alkyl or cyclic N) is 1. The minimum atomic E-state index is -0.588. The van der Waals surface area contributed by atoms with Crippen LogP contribution in [-0.4, -0.2) is 59.7 Å². The molecule has 0 unspecified atom stereocenters. The molecular formula is C27H31N3O5. The van der Waals surface area contributed by atoms with Gasteiger partial charge in [-0.15, -0.1) is 10.2 Å². The van der Waals surface area contributed by atoms with Gasteiger partial charge in [0.05, 0.1) is 12.5 Å². The number of aryl methyl sites for hydroxylation is 2. The molecule has 0 saturated carbocycles. The fraction of sp³-hybridized carbons (Fsp3) is 0.407. The lowest BCUT2D eigenvalue weighted by Crippen LogP contribution is -2.40. The van der Waals surface area contributed by atoms with E-state index in [1.54, 1.807) is 14.0 Å². The van der Waals surface area contributed by atoms with E-state index in [1.807, 2.05) is 30.3 Å². The lowest BCUT2D eigenvalue weighted by Gasteiger charge is -2.34. The number of hydrogen-bond donors (Lipinski definition) is 1. The van der Waals surface area contributed by atoms with Gasteiger partial charge in [-0.25, -0.2) is 0 Å². The monoisotopic (exact) mass is 477 g/mol. The number of ether oxygens (including phenoxy) is 2. The fourth-order valence-electron chi connectivity index (χ4n) is 4.86. The first kappa shape index (κ1) is 23.4. The predicted octanol–water partition coefficient (Wildman–Crippen LogP) is 4.73. The van der Waals surface area contributed by atoms with Crippen molar-refractivity contribution in [3.05, 3.63) is 59.5 Å². The van der Waals surface area contributed by atoms with Crippen LogP contribution in [0.25, 0.3) is 22.6 Å². The number of fused-ring (bicyclic) bond motifs is 1. The third-order valence-electron chi connectivity index (χ3n) is 6.66. The van der Waals surface area contributed by atoms with Crippen molar-refractivity contribution in [2.24, 2.45) is 0 Å². The summed E-state index contributed by atoms with van der Waals surface area (Å²) in [7, 11) is 1.70. The maximum atomic E-state index is 10.7. The van der Waals surface area contributed by atoms with E-state index in [2.05, 4.69) is 34.2 Å². The van der Waals surface area contributed by atoms with Gasteiger partial charge in [0.2, 0.25) is 5.89 Å². The molecule has 1 N–H and O–H groups in total. The summed E-state index contributed by atoms with van der Waals surface area (Å²) in [4.78, 5) is 2.32. The minimum Gasteiger partial charge on any atom is -0.497 e. The first-order valence-electron chi connectivity index (χ1n) is 12.0. The summed E-state index contributed by atoms with van der Waals surface area (Å²) in [6.45, 7) is 6.59. The highest BCUT2D eigenvalue weighted by atomic mass is 16.5. The van der Waals surface area contributed by atoms with Crippen LogP contribution in [-0.2, 0) is 0 Å². The maximum absolute atomic E-state index is 10.7. The average molecular weight is 478 g/mol. The number of hydrogen-bond acceptors (Lipinski definition) is 8. The van der Waals surface area contributed by atoms with E-state index in [0.717, 1.165) is 37.1 Å². The molecule has 0 amide bonds. The Morgan fingerprint density at radius 3 is 2.63 bits per heavy atom. The van der Waals surface area contributed by atoms with Crippen LogP contribution in [0.1, 0.15) is 35.8 Å². The summed E-state index contributed by atoms with van der Waals surface area (Å²) in [6, 6.07) is 13.8. The molecular weight excluding hydrogens is 446 g/mol. The highest BCUT2D eigenvalue weighted by molar-refractivity contribution is 5.87. The summed E-state index contributed by atoms with van der Waals surface area (Å²) >= 11 is 0. The summed E-state index contributed by atoms with van der Waals surface area (Å²) in [5.74, 6) is 3.40. The van der Waals surface area contributed by atoms with Gasteiger partial charge in [0.25, 0.3) is 5.89 Å². The van der Waals surface area contributed by atoms with E-state index < -0.39 is 6.10 Å². The summed E-state index contributed by atoms with van der Waals surface area (Å²) in [5.41, 5.74) is 3.35. The Bertz CT molecular complexity index is 1290. The Morgan fingerprint density at radius 2 is 1.91 bits per heavy atom. The lowest BCUT2D eigenvalue weighted by molar-refractivity contribution is 0.0599. The number of likely N-dealkylation sites (tertiary alicyclic amines) is 1. The number of benzene rings is 2. The van der Waals surface area contributed by atoms with Crippen LogP contribution in [0.2, 0.25) is 0 Å². The van der Waals surface area contributed by atoms with E-state index in [-0.39, 0.29) is 6.61 Å². The van der Waals surface area contributed by atoms with Crippen LogP contribution in [0.5, 0.6) is 11.5 Å². The SMILES string of the molecule is COc1ccc(C2CCN(C[C@H](O)COc3cccc4oc(-c5nnc(C)o5)cc34)CC2)c(C)c1. The average Bonchev–Trinajstić information content (AvgIpc) is 3.49. The predicted molar refractivity (Wildman–Crippen MR) is 132 cm³/mol. The van der Waals surface area contributed by atoms with Crippen LogP contribution in [0, 0.1) is 13.8 Å². The zero-order chi connectivity index (χ0) is 24.4. The fourth-order valence-corrected chi connectivity index (χ4v) is 4.86. The molecule has 4 aromatic rings. The number of rotatable bonds is 8. The van der Waals surface area contributed by atoms with Crippen LogP contribution in [0.15, 0.2) is 51.3 Å². The highest BCUT2D eigenvalue weighted by Gasteiger charge is 2.24. The third kappa shape index (κ3) is 5.18. The first-order chi connectivity index (χ1) is 17.0. The molecule has 0 spiro atoms. The van der Waals surface area contributed by atoms with Gasteiger partial charge in [-0.2, -0.15) is 0 Å². The molecule has 1 aliphatic rings. The molecule has 8 nitrogen and oxygen atoms in total. The number of aliphatic hydroxyl groups excluding tert-OH is 1. The van der Waals surface area contributed by atoms with Crippen molar-refractivity contribution in [1.82, 2.24) is 15.1 Å². The summed E-state index contributed by atoms with van der Waals surface area (Å²) in [5, 5.41) is 19.3. The van der Waals surface area contributed by atoms with Crippen LogP contribution in [0.4, 0.5) is 0 Å². The maximum Gasteiger partial charge on any atom is 0.283 e. The highest BCUT2D eigenvalue weighted by Crippen LogP contribution is 2.34. The molecule has 0 radical (unpaired) electrons. The van der Waals surface area contributed by atoms with E-state index in [0.29, 0.717) is 41.3 Å². The largest absolute Gasteiger partial charge is 0.497 e. The minimum absolute atomic E-state index is 0.205. The molecule has 0 aliphatic carbocycles. The van der Waals surface area contributed by atoms with Crippen molar-refractivity contribution >= 4 is 11.0 Å². The molecule has 2 aromatic heterocycles. The molecule has 1 aliphatic heterocycles. The zero-order valence-corrected chi connectivity index (χ0v) is 20.4. The molecule has 5 rings (SSSR count). The van der Waals surface area contributed by atoms with E-state index in [4.69, 9.17) is 18.3 Å². The van der Waals surface area contributed by atoms with Crippen molar-refractivity contribution in [3.63, 3.8) is 0 Å². The molecule has 8 heteroatoms. The number of aromatic nitrogens is 2. The van der Waals surface area contributed by atoms with Crippen LogP contribution >= 0.6 is 0 Å². The van der Waals surface area contributed by atoms with Crippen molar-refractivity contribution in [2.45, 2.75) is 38.7 Å². The molecule has 3 heterocycles. The second-order valence-corrected chi connectivity index (χ2v) is 9.17. The Hall–Kier alpha value is -3.36. The van der Waals surface area contributed by atoms with Crippen molar-refractivity contribution in [3.8, 4) is 23.1 Å². The van der Waals surface area contributed by atoms with Gasteiger partial charge >= 0.3 is 0 Å². The molecule has 1 atom stereocenters. The van der Waals surface area contributed by atoms with Gasteiger partial charge in [-0.1, -0.05) is 12.1 Å². The Labute approximate surface area is 204 Å². The van der Waals surface area contributed by atoms with Gasteiger partial charge in [-0.3, -0.25) is 0 Å². The van der Waals surface area contributed by atoms with E-state index >= 15 is 0 Å². The quantitative estimate of drug-likeness (QED) is 0.389. The molecule has 1 saturated heterocycles. The van der Waals surface area contributed by atoms with Gasteiger partial charge in [0, 0.05) is 19.5 Å². The molecule has 0 bridgehead atoms. The number of aliphatic hydroxyl groups is 1. The molecule has 184 valence electrons. The van der Waals surface area contributed by atoms with Crippen molar-refractivity contribution in [2.75, 3.05) is 33.4 Å². The topological polar surface area (TPSA) is 94.0 Å². The van der Waals surface area contributed by atoms with Crippen molar-refractivity contribution < 1.29 is 23.4 Å². The third-order valence-corrected chi connectivity index (χ3v) is 6.66. The van der Waals surface area contributed by atoms with Gasteiger partial charge in [-0.05, 0) is 74.2 Å². The first-order valence-corrected chi connectivity index (χ1v) is 12.0. The van der Waals surface area contributed by atoms with E-state index in [1.165, 1.54) is 11.1 Å². The number of furan rings is 1. The normalized spacial score (nSPS) is 16.0. The standard InChI is InChI=1S/C27H31N3O5/c1-17-13-21(32-3)7-8-22(17)19-9-11-30(12-10-19)15-20(31)16-33-24-5-4-6-25-23(24)14-26(35-25)27-29-28-18(2)34-27/h4-8,13-14,19-20,31H,9-12,15-16H2,1-3H3/t20-/m0/s1. The zero-order valence-electron chi connectivity index (χ0n) is 20.4. The molecule has 35 heavy (non-hydrogen) atoms. The second-order valence-electron chi connectivity index (χ2n) is 9.17. The summed E-state index contributed by atoms with van der Waals surface area (Å²) in [6.07, 6.45) is 1.56. The lowest BCUT2D eigenvalue weighted by atomic mass is 9.86.